The third-order valence-electron chi connectivity index (χ3n) is 6.30. The van der Waals surface area contributed by atoms with Crippen molar-refractivity contribution in [2.75, 3.05) is 13.1 Å². The molecule has 0 bridgehead atoms. The van der Waals surface area contributed by atoms with Gasteiger partial charge in [0.25, 0.3) is 0 Å². The molecule has 0 aromatic heterocycles. The summed E-state index contributed by atoms with van der Waals surface area (Å²) in [6.45, 7) is 1.91. The summed E-state index contributed by atoms with van der Waals surface area (Å²) in [7, 11) is 0. The Morgan fingerprint density at radius 1 is 0.833 bits per heavy atom. The molecule has 24 heavy (non-hydrogen) atoms. The third kappa shape index (κ3) is 4.64. The Morgan fingerprint density at radius 2 is 1.54 bits per heavy atom. The van der Waals surface area contributed by atoms with E-state index in [-0.39, 0.29) is 18.6 Å². The van der Waals surface area contributed by atoms with Gasteiger partial charge in [0, 0.05) is 31.2 Å². The van der Waals surface area contributed by atoms with Crippen molar-refractivity contribution in [3.8, 4) is 0 Å². The maximum Gasteiger partial charge on any atom is 0.391 e. The first-order valence-electron chi connectivity index (χ1n) is 9.68. The first-order chi connectivity index (χ1) is 11.4. The largest absolute Gasteiger partial charge is 0.391 e. The average Bonchev–Trinajstić information content (AvgIpc) is 2.56. The van der Waals surface area contributed by atoms with Crippen LogP contribution in [-0.2, 0) is 0 Å². The Kier molecular flexibility index (Phi) is 6.09. The van der Waals surface area contributed by atoms with Crippen molar-refractivity contribution in [2.45, 2.75) is 94.6 Å². The second-order valence-electron chi connectivity index (χ2n) is 8.00. The molecule has 0 aromatic rings. The van der Waals surface area contributed by atoms with E-state index in [1.54, 1.807) is 0 Å². The molecular weight excluding hydrogens is 317 g/mol. The molecule has 0 amide bonds. The first-order valence-corrected chi connectivity index (χ1v) is 9.68. The maximum atomic E-state index is 12.9. The van der Waals surface area contributed by atoms with Crippen LogP contribution in [0.3, 0.4) is 0 Å². The summed E-state index contributed by atoms with van der Waals surface area (Å²) in [6, 6.07) is 0.644. The standard InChI is InChI=1S/C18H31F3N2O/c19-18(20,21)13-4-3-5-15(12-13)22-14-8-10-23(11-9-14)16-6-1-2-7-17(16)24/h13-17,22,24H,1-12H2. The highest BCUT2D eigenvalue weighted by Gasteiger charge is 2.42. The fraction of sp³-hybridized carbons (Fsp3) is 1.00. The Bertz CT molecular complexity index is 396. The molecule has 1 aliphatic heterocycles. The van der Waals surface area contributed by atoms with Gasteiger partial charge >= 0.3 is 6.18 Å². The molecule has 0 aromatic carbocycles. The number of nitrogens with zero attached hydrogens (tertiary/aromatic N) is 1. The second-order valence-corrected chi connectivity index (χ2v) is 8.00. The van der Waals surface area contributed by atoms with E-state index < -0.39 is 12.1 Å². The SMILES string of the molecule is OC1CCCCC1N1CCC(NC2CCCC(C(F)(F)F)C2)CC1. The number of nitrogens with one attached hydrogen (secondary N) is 1. The number of halogens is 3. The Labute approximate surface area is 143 Å². The number of piperidine rings is 1. The van der Waals surface area contributed by atoms with Gasteiger partial charge in [-0.15, -0.1) is 0 Å². The van der Waals surface area contributed by atoms with Crippen molar-refractivity contribution >= 4 is 0 Å². The zero-order chi connectivity index (χ0) is 17.2. The highest BCUT2D eigenvalue weighted by molar-refractivity contribution is 4.90. The van der Waals surface area contributed by atoms with E-state index in [2.05, 4.69) is 10.2 Å². The first kappa shape index (κ1) is 18.5. The molecule has 4 atom stereocenters. The van der Waals surface area contributed by atoms with Crippen molar-refractivity contribution in [3.63, 3.8) is 0 Å². The van der Waals surface area contributed by atoms with Gasteiger partial charge in [0.2, 0.25) is 0 Å². The molecule has 6 heteroatoms. The van der Waals surface area contributed by atoms with Gasteiger partial charge in [0.1, 0.15) is 0 Å². The molecule has 3 nitrogen and oxygen atoms in total. The highest BCUT2D eigenvalue weighted by atomic mass is 19.4. The van der Waals surface area contributed by atoms with Gasteiger partial charge in [-0.1, -0.05) is 19.3 Å². The number of aliphatic hydroxyl groups excluding tert-OH is 1. The van der Waals surface area contributed by atoms with Gasteiger partial charge in [-0.3, -0.25) is 4.90 Å². The molecule has 3 fully saturated rings. The lowest BCUT2D eigenvalue weighted by Gasteiger charge is -2.43. The van der Waals surface area contributed by atoms with Crippen molar-refractivity contribution in [3.05, 3.63) is 0 Å². The van der Waals surface area contributed by atoms with Gasteiger partial charge in [0.15, 0.2) is 0 Å². The summed E-state index contributed by atoms with van der Waals surface area (Å²) in [5.74, 6) is -1.12. The van der Waals surface area contributed by atoms with Crippen LogP contribution in [0.2, 0.25) is 0 Å². The van der Waals surface area contributed by atoms with Crippen LogP contribution in [-0.4, -0.2) is 53.5 Å². The van der Waals surface area contributed by atoms with Crippen molar-refractivity contribution < 1.29 is 18.3 Å². The van der Waals surface area contributed by atoms with Crippen LogP contribution in [0.5, 0.6) is 0 Å². The van der Waals surface area contributed by atoms with Crippen LogP contribution >= 0.6 is 0 Å². The summed E-state index contributed by atoms with van der Waals surface area (Å²) >= 11 is 0. The minimum atomic E-state index is -4.04. The fourth-order valence-electron chi connectivity index (χ4n) is 4.89. The predicted molar refractivity (Wildman–Crippen MR) is 87.8 cm³/mol. The predicted octanol–water partition coefficient (Wildman–Crippen LogP) is 3.47. The summed E-state index contributed by atoms with van der Waals surface area (Å²) < 4.78 is 38.8. The van der Waals surface area contributed by atoms with Gasteiger partial charge in [-0.25, -0.2) is 0 Å². The topological polar surface area (TPSA) is 35.5 Å². The third-order valence-corrected chi connectivity index (χ3v) is 6.30. The molecular formula is C18H31F3N2O. The van der Waals surface area contributed by atoms with Crippen LogP contribution in [0, 0.1) is 5.92 Å². The zero-order valence-electron chi connectivity index (χ0n) is 14.4. The number of alkyl halides is 3. The van der Waals surface area contributed by atoms with E-state index in [1.165, 1.54) is 6.42 Å². The minimum absolute atomic E-state index is 0.0159. The van der Waals surface area contributed by atoms with E-state index in [9.17, 15) is 18.3 Å². The Balaban J connectivity index is 1.43. The molecule has 0 spiro atoms. The monoisotopic (exact) mass is 348 g/mol. The van der Waals surface area contributed by atoms with Gasteiger partial charge in [0.05, 0.1) is 12.0 Å². The Morgan fingerprint density at radius 3 is 2.21 bits per heavy atom. The second kappa shape index (κ2) is 7.92. The molecule has 0 radical (unpaired) electrons. The molecule has 140 valence electrons. The lowest BCUT2D eigenvalue weighted by Crippen LogP contribution is -2.53. The van der Waals surface area contributed by atoms with E-state index in [4.69, 9.17) is 0 Å². The van der Waals surface area contributed by atoms with Crippen molar-refractivity contribution in [1.29, 1.82) is 0 Å². The molecule has 3 rings (SSSR count). The Hall–Kier alpha value is -0.330. The van der Waals surface area contributed by atoms with E-state index in [0.717, 1.165) is 51.6 Å². The summed E-state index contributed by atoms with van der Waals surface area (Å²) in [4.78, 5) is 2.40. The van der Waals surface area contributed by atoms with Gasteiger partial charge in [-0.05, 0) is 44.9 Å². The molecule has 3 aliphatic rings. The lowest BCUT2D eigenvalue weighted by molar-refractivity contribution is -0.184. The highest BCUT2D eigenvalue weighted by Crippen LogP contribution is 2.38. The fourth-order valence-corrected chi connectivity index (χ4v) is 4.89. The summed E-state index contributed by atoms with van der Waals surface area (Å²) in [6.07, 6.45) is 4.10. The normalized spacial score (nSPS) is 37.5. The zero-order valence-corrected chi connectivity index (χ0v) is 14.4. The molecule has 2 aliphatic carbocycles. The van der Waals surface area contributed by atoms with Crippen LogP contribution in [0.1, 0.15) is 64.2 Å². The summed E-state index contributed by atoms with van der Waals surface area (Å²) in [5.41, 5.74) is 0. The van der Waals surface area contributed by atoms with Crippen LogP contribution in [0.25, 0.3) is 0 Å². The average molecular weight is 348 g/mol. The molecule has 1 heterocycles. The minimum Gasteiger partial charge on any atom is -0.391 e. The number of likely N-dealkylation sites (tertiary alicyclic amines) is 1. The molecule has 4 unspecified atom stereocenters. The number of aliphatic hydroxyl groups is 1. The number of rotatable bonds is 3. The van der Waals surface area contributed by atoms with Gasteiger partial charge < -0.3 is 10.4 Å². The molecule has 1 saturated heterocycles. The molecule has 2 N–H and O–H groups in total. The van der Waals surface area contributed by atoms with E-state index in [0.29, 0.717) is 24.9 Å². The molecule has 2 saturated carbocycles. The number of hydrogen-bond donors (Lipinski definition) is 2. The maximum absolute atomic E-state index is 12.9. The van der Waals surface area contributed by atoms with Gasteiger partial charge in [-0.2, -0.15) is 13.2 Å². The van der Waals surface area contributed by atoms with Crippen LogP contribution in [0.4, 0.5) is 13.2 Å². The smallest absolute Gasteiger partial charge is 0.391 e. The quantitative estimate of drug-likeness (QED) is 0.820. The number of hydrogen-bond acceptors (Lipinski definition) is 3. The van der Waals surface area contributed by atoms with Crippen molar-refractivity contribution in [2.24, 2.45) is 5.92 Å². The van der Waals surface area contributed by atoms with E-state index in [1.807, 2.05) is 0 Å². The van der Waals surface area contributed by atoms with Crippen LogP contribution in [0.15, 0.2) is 0 Å². The van der Waals surface area contributed by atoms with Crippen LogP contribution < -0.4 is 5.32 Å². The summed E-state index contributed by atoms with van der Waals surface area (Å²) in [5, 5.41) is 13.7. The van der Waals surface area contributed by atoms with E-state index >= 15 is 0 Å². The lowest BCUT2D eigenvalue weighted by atomic mass is 9.84. The van der Waals surface area contributed by atoms with Crippen molar-refractivity contribution in [1.82, 2.24) is 10.2 Å².